The van der Waals surface area contributed by atoms with Gasteiger partial charge in [-0.25, -0.2) is 19.7 Å². The van der Waals surface area contributed by atoms with Gasteiger partial charge in [0.25, 0.3) is 11.8 Å². The number of aromatic carboxylic acids is 1. The minimum atomic E-state index is -1.21. The Morgan fingerprint density at radius 1 is 0.971 bits per heavy atom. The summed E-state index contributed by atoms with van der Waals surface area (Å²) in [6.45, 7) is 2.41. The van der Waals surface area contributed by atoms with E-state index in [1.807, 2.05) is 4.90 Å². The standard InChI is InChI=1S/C23H22ClN7O4/c24-15-4-6-19(27-10-15)30-21(32)16-5-3-14(23(34)35)9-17(16)29-22(33)18-11-28-20(12-26-18)31-8-2-1-7-25-13-31/h3-6,9-12,25H,1-2,7-8,13H2,(H,29,33)(H,34,35)(H,27,30,32). The van der Waals surface area contributed by atoms with Gasteiger partial charge in [0.1, 0.15) is 17.3 Å². The molecule has 0 bridgehead atoms. The van der Waals surface area contributed by atoms with Crippen LogP contribution in [0.2, 0.25) is 5.02 Å². The number of rotatable bonds is 6. The van der Waals surface area contributed by atoms with Gasteiger partial charge >= 0.3 is 5.97 Å². The molecule has 1 aromatic carbocycles. The first kappa shape index (κ1) is 24.0. The summed E-state index contributed by atoms with van der Waals surface area (Å²) in [4.78, 5) is 51.8. The zero-order valence-corrected chi connectivity index (χ0v) is 19.2. The molecule has 0 atom stereocenters. The summed E-state index contributed by atoms with van der Waals surface area (Å²) in [7, 11) is 0. The van der Waals surface area contributed by atoms with Crippen molar-refractivity contribution < 1.29 is 19.5 Å². The number of carbonyl (C=O) groups excluding carboxylic acids is 2. The molecule has 0 spiro atoms. The lowest BCUT2D eigenvalue weighted by Gasteiger charge is -2.20. The largest absolute Gasteiger partial charge is 0.478 e. The normalized spacial score (nSPS) is 13.6. The Labute approximate surface area is 205 Å². The van der Waals surface area contributed by atoms with Gasteiger partial charge in [0.05, 0.1) is 40.9 Å². The molecule has 11 nitrogen and oxygen atoms in total. The summed E-state index contributed by atoms with van der Waals surface area (Å²) in [5.41, 5.74) is -0.0381. The van der Waals surface area contributed by atoms with Crippen molar-refractivity contribution in [1.82, 2.24) is 20.3 Å². The SMILES string of the molecule is O=C(O)c1ccc(C(=O)Nc2ccc(Cl)cn2)c(NC(=O)c2cnc(N3CCCCNC3)cn2)c1. The summed E-state index contributed by atoms with van der Waals surface area (Å²) in [5.74, 6) is -1.56. The number of carboxylic acid groups (broad SMARTS) is 1. The van der Waals surface area contributed by atoms with E-state index in [0.717, 1.165) is 25.9 Å². The van der Waals surface area contributed by atoms with Gasteiger partial charge in [-0.3, -0.25) is 14.9 Å². The van der Waals surface area contributed by atoms with E-state index in [2.05, 4.69) is 30.9 Å². The van der Waals surface area contributed by atoms with Crippen molar-refractivity contribution in [2.24, 2.45) is 0 Å². The predicted octanol–water partition coefficient (Wildman–Crippen LogP) is 2.88. The van der Waals surface area contributed by atoms with Crippen LogP contribution in [0.3, 0.4) is 0 Å². The maximum Gasteiger partial charge on any atom is 0.335 e. The number of anilines is 3. The minimum Gasteiger partial charge on any atom is -0.478 e. The molecule has 0 saturated carbocycles. The highest BCUT2D eigenvalue weighted by Crippen LogP contribution is 2.21. The molecule has 3 aromatic rings. The molecule has 0 unspecified atom stereocenters. The van der Waals surface area contributed by atoms with Gasteiger partial charge in [-0.2, -0.15) is 0 Å². The van der Waals surface area contributed by atoms with Gasteiger partial charge in [-0.05, 0) is 49.7 Å². The van der Waals surface area contributed by atoms with Crippen molar-refractivity contribution in [2.75, 3.05) is 35.3 Å². The third-order valence-corrected chi connectivity index (χ3v) is 5.48. The average Bonchev–Trinajstić information content (AvgIpc) is 3.15. The topological polar surface area (TPSA) is 149 Å². The number of carbonyl (C=O) groups is 3. The quantitative estimate of drug-likeness (QED) is 0.404. The number of aromatic nitrogens is 3. The molecular formula is C23H22ClN7O4. The third-order valence-electron chi connectivity index (χ3n) is 5.26. The summed E-state index contributed by atoms with van der Waals surface area (Å²) in [6.07, 6.45) is 6.32. The fourth-order valence-electron chi connectivity index (χ4n) is 3.44. The smallest absolute Gasteiger partial charge is 0.335 e. The Hall–Kier alpha value is -4.09. The predicted molar refractivity (Wildman–Crippen MR) is 130 cm³/mol. The van der Waals surface area contributed by atoms with E-state index in [4.69, 9.17) is 11.6 Å². The molecule has 1 aliphatic rings. The van der Waals surface area contributed by atoms with Crippen LogP contribution in [-0.4, -0.2) is 57.6 Å². The molecule has 2 amide bonds. The number of carboxylic acids is 1. The van der Waals surface area contributed by atoms with E-state index in [1.165, 1.54) is 42.9 Å². The van der Waals surface area contributed by atoms with Crippen molar-refractivity contribution in [2.45, 2.75) is 12.8 Å². The van der Waals surface area contributed by atoms with Crippen molar-refractivity contribution in [1.29, 1.82) is 0 Å². The van der Waals surface area contributed by atoms with Gasteiger partial charge in [0, 0.05) is 12.7 Å². The highest BCUT2D eigenvalue weighted by atomic mass is 35.5. The summed E-state index contributed by atoms with van der Waals surface area (Å²) in [6, 6.07) is 6.86. The summed E-state index contributed by atoms with van der Waals surface area (Å²) in [5, 5.41) is 18.2. The number of hydrogen-bond acceptors (Lipinski definition) is 8. The average molecular weight is 496 g/mol. The fourth-order valence-corrected chi connectivity index (χ4v) is 3.55. The minimum absolute atomic E-state index is 0.00366. The zero-order valence-electron chi connectivity index (χ0n) is 18.5. The van der Waals surface area contributed by atoms with E-state index >= 15 is 0 Å². The molecule has 1 fully saturated rings. The molecule has 4 rings (SSSR count). The number of hydrogen-bond donors (Lipinski definition) is 4. The van der Waals surface area contributed by atoms with Crippen molar-refractivity contribution >= 4 is 46.7 Å². The fraction of sp³-hybridized carbons (Fsp3) is 0.217. The van der Waals surface area contributed by atoms with Crippen LogP contribution in [0.4, 0.5) is 17.3 Å². The molecule has 180 valence electrons. The molecule has 3 heterocycles. The first-order valence-corrected chi connectivity index (χ1v) is 11.2. The molecule has 4 N–H and O–H groups in total. The monoisotopic (exact) mass is 495 g/mol. The van der Waals surface area contributed by atoms with Crippen molar-refractivity contribution in [3.8, 4) is 0 Å². The zero-order chi connectivity index (χ0) is 24.8. The van der Waals surface area contributed by atoms with Gasteiger partial charge < -0.3 is 20.6 Å². The number of nitrogens with one attached hydrogen (secondary N) is 3. The first-order valence-electron chi connectivity index (χ1n) is 10.8. The Bertz CT molecular complexity index is 1230. The van der Waals surface area contributed by atoms with E-state index in [1.54, 1.807) is 6.07 Å². The third kappa shape index (κ3) is 6.08. The first-order chi connectivity index (χ1) is 16.9. The molecule has 1 aliphatic heterocycles. The highest BCUT2D eigenvalue weighted by molar-refractivity contribution is 6.30. The van der Waals surface area contributed by atoms with Crippen LogP contribution in [0.15, 0.2) is 48.9 Å². The summed E-state index contributed by atoms with van der Waals surface area (Å²) < 4.78 is 0. The number of benzene rings is 1. The van der Waals surface area contributed by atoms with Crippen LogP contribution >= 0.6 is 11.6 Å². The molecular weight excluding hydrogens is 474 g/mol. The van der Waals surface area contributed by atoms with Gasteiger partial charge in [-0.1, -0.05) is 11.6 Å². The molecule has 1 saturated heterocycles. The van der Waals surface area contributed by atoms with Crippen LogP contribution in [0.25, 0.3) is 0 Å². The molecule has 35 heavy (non-hydrogen) atoms. The second-order valence-corrected chi connectivity index (χ2v) is 8.16. The lowest BCUT2D eigenvalue weighted by atomic mass is 10.1. The van der Waals surface area contributed by atoms with E-state index < -0.39 is 17.8 Å². The molecule has 2 aromatic heterocycles. The van der Waals surface area contributed by atoms with Gasteiger partial charge in [0.2, 0.25) is 0 Å². The lowest BCUT2D eigenvalue weighted by Crippen LogP contribution is -2.33. The maximum atomic E-state index is 12.9. The Balaban J connectivity index is 1.54. The van der Waals surface area contributed by atoms with E-state index in [0.29, 0.717) is 17.5 Å². The number of pyridine rings is 1. The van der Waals surface area contributed by atoms with Crippen LogP contribution in [0, 0.1) is 0 Å². The van der Waals surface area contributed by atoms with Gasteiger partial charge in [-0.15, -0.1) is 0 Å². The number of amides is 2. The highest BCUT2D eigenvalue weighted by Gasteiger charge is 2.19. The lowest BCUT2D eigenvalue weighted by molar-refractivity contribution is 0.0696. The summed E-state index contributed by atoms with van der Waals surface area (Å²) >= 11 is 5.82. The Morgan fingerprint density at radius 2 is 1.83 bits per heavy atom. The Kier molecular flexibility index (Phi) is 7.48. The number of nitrogens with zero attached hydrogens (tertiary/aromatic N) is 4. The second-order valence-electron chi connectivity index (χ2n) is 7.72. The van der Waals surface area contributed by atoms with Crippen LogP contribution in [0.5, 0.6) is 0 Å². The Morgan fingerprint density at radius 3 is 2.54 bits per heavy atom. The van der Waals surface area contributed by atoms with E-state index in [9.17, 15) is 19.5 Å². The molecule has 0 aliphatic carbocycles. The molecule has 0 radical (unpaired) electrons. The van der Waals surface area contributed by atoms with Crippen LogP contribution < -0.4 is 20.9 Å². The second kappa shape index (κ2) is 10.9. The molecule has 12 heteroatoms. The van der Waals surface area contributed by atoms with Crippen LogP contribution in [-0.2, 0) is 0 Å². The van der Waals surface area contributed by atoms with Crippen LogP contribution in [0.1, 0.15) is 44.0 Å². The number of halogens is 1. The van der Waals surface area contributed by atoms with Crippen molar-refractivity contribution in [3.05, 3.63) is 70.8 Å². The van der Waals surface area contributed by atoms with E-state index in [-0.39, 0.29) is 28.3 Å². The van der Waals surface area contributed by atoms with Crippen molar-refractivity contribution in [3.63, 3.8) is 0 Å². The maximum absolute atomic E-state index is 12.9. The van der Waals surface area contributed by atoms with Gasteiger partial charge in [0.15, 0.2) is 0 Å².